The number of guanidine groups is 1. The molecule has 0 saturated carbocycles. The highest BCUT2D eigenvalue weighted by atomic mass is 127. The lowest BCUT2D eigenvalue weighted by molar-refractivity contribution is -0.140. The number of aryl methyl sites for hydroxylation is 1. The average molecular weight is 1590 g/mol. The number of benzene rings is 4. The molecular formula is C72H103BIN15O17. The number of aliphatic hydroxyl groups excluding tert-OH is 1. The summed E-state index contributed by atoms with van der Waals surface area (Å²) in [7, 11) is 1.58. The van der Waals surface area contributed by atoms with Gasteiger partial charge in [0.15, 0.2) is 5.96 Å². The van der Waals surface area contributed by atoms with Crippen LogP contribution in [0.5, 0.6) is 0 Å². The fraction of sp³-hybridized carbons (Fsp3) is 0.528. The van der Waals surface area contributed by atoms with Crippen molar-refractivity contribution in [3.8, 4) is 0 Å². The lowest BCUT2D eigenvalue weighted by Crippen LogP contribution is -2.54. The molecule has 2 saturated heterocycles. The van der Waals surface area contributed by atoms with Gasteiger partial charge in [0.1, 0.15) is 18.1 Å². The van der Waals surface area contributed by atoms with E-state index in [1.54, 1.807) is 87.1 Å². The monoisotopic (exact) mass is 1590 g/mol. The summed E-state index contributed by atoms with van der Waals surface area (Å²) in [4.78, 5) is 159. The molecule has 8 amide bonds. The number of β-amino-alcohol motifs (C(OH)–C–C–N with tert-alkyl or cyclic N) is 1. The molecule has 578 valence electrons. The zero-order valence-corrected chi connectivity index (χ0v) is 62.7. The molecule has 0 radical (unpaired) electrons. The number of carbonyl (C=O) groups is 11. The number of nitrogens with two attached hydrogens (primary N) is 1. The first kappa shape index (κ1) is 86.0. The molecule has 4 aromatic rings. The third-order valence-electron chi connectivity index (χ3n) is 18.3. The van der Waals surface area contributed by atoms with Gasteiger partial charge in [-0.1, -0.05) is 48.5 Å². The number of carbonyl (C=O) groups excluding carboxylic acids is 8. The average Bonchev–Trinajstić information content (AvgIpc) is 0.787. The van der Waals surface area contributed by atoms with Crippen molar-refractivity contribution in [1.82, 2.24) is 66.6 Å². The molecule has 2 aliphatic heterocycles. The van der Waals surface area contributed by atoms with Crippen LogP contribution in [-0.2, 0) is 51.3 Å². The van der Waals surface area contributed by atoms with Crippen LogP contribution in [-0.4, -0.2) is 294 Å². The van der Waals surface area contributed by atoms with Crippen LogP contribution in [0.4, 0.5) is 0 Å². The van der Waals surface area contributed by atoms with Gasteiger partial charge >= 0.3 is 25.0 Å². The van der Waals surface area contributed by atoms with E-state index in [1.165, 1.54) is 19.1 Å². The molecule has 0 aliphatic carbocycles. The maximum Gasteiger partial charge on any atom is 0.475 e. The molecule has 106 heavy (non-hydrogen) atoms. The lowest BCUT2D eigenvalue weighted by Gasteiger charge is -2.32. The molecule has 2 fully saturated rings. The minimum Gasteiger partial charge on any atom is -0.480 e. The molecule has 2 aliphatic rings. The Labute approximate surface area is 631 Å². The number of aliphatic hydroxyl groups is 1. The van der Waals surface area contributed by atoms with Gasteiger partial charge in [-0.3, -0.25) is 77.3 Å². The van der Waals surface area contributed by atoms with E-state index in [0.717, 1.165) is 26.0 Å². The van der Waals surface area contributed by atoms with E-state index in [1.807, 2.05) is 24.3 Å². The van der Waals surface area contributed by atoms with Crippen LogP contribution in [0.3, 0.4) is 0 Å². The zero-order chi connectivity index (χ0) is 77.2. The number of aliphatic carboxylic acids is 3. The molecular weight excluding hydrogens is 1480 g/mol. The van der Waals surface area contributed by atoms with E-state index < -0.39 is 90.6 Å². The maximum atomic E-state index is 14.6. The molecule has 0 unspecified atom stereocenters. The Balaban J connectivity index is 1.07. The predicted octanol–water partition coefficient (Wildman–Crippen LogP) is -0.106. The van der Waals surface area contributed by atoms with Crippen LogP contribution in [0.2, 0.25) is 0 Å². The second kappa shape index (κ2) is 44.9. The molecule has 2 heterocycles. The Morgan fingerprint density at radius 1 is 0.566 bits per heavy atom. The SMILES string of the molecule is C[C@@H](NC(=O)c1ccc(C(=O)NCCCCCNC(=O)[C@H](CCCN=C(N)N(C)C)NC(=O)[C@H](CCCCNC(=O)CN2CCN(CC(=O)O)CCN(CC(=O)O)CCN(CC(=O)O)CC2)NC(=O)c2ccc(CNC(=O)CCCc3ccc(I)cc3)cc2)c2ccccc12)C(=O)N1C[C@@H](O)C[C@H]1B(O)O. The summed E-state index contributed by atoms with van der Waals surface area (Å²) in [6, 6.07) is 21.1. The van der Waals surface area contributed by atoms with Gasteiger partial charge in [-0.05, 0) is 158 Å². The van der Waals surface area contributed by atoms with Crippen molar-refractivity contribution < 1.29 is 83.2 Å². The second-order valence-corrected chi connectivity index (χ2v) is 28.1. The fourth-order valence-corrected chi connectivity index (χ4v) is 12.7. The van der Waals surface area contributed by atoms with Crippen LogP contribution < -0.4 is 43.0 Å². The zero-order valence-electron chi connectivity index (χ0n) is 60.5. The van der Waals surface area contributed by atoms with Crippen molar-refractivity contribution in [2.45, 2.75) is 121 Å². The normalized spacial score (nSPS) is 16.6. The number of fused-ring (bicyclic) bond motifs is 1. The quantitative estimate of drug-likeness (QED) is 0.00911. The highest BCUT2D eigenvalue weighted by molar-refractivity contribution is 14.1. The van der Waals surface area contributed by atoms with Crippen LogP contribution in [0.15, 0.2) is 89.9 Å². The number of likely N-dealkylation sites (tertiary alicyclic amines) is 1. The fourth-order valence-electron chi connectivity index (χ4n) is 12.3. The number of carboxylic acids is 3. The number of hydrogen-bond donors (Lipinski definition) is 14. The standard InChI is InChI=1S/C72H103BIN15O17/c1-48(71(104)89-43-53(90)41-60(89)73(105)106)81-68(101)57-28-27-56(54-14-5-6-15-55(54)57)67(100)77-30-8-4-9-31-78-69(102)58(17-12-32-79-72(75)84(2)3)83-70(103)59(82-66(99)51-23-19-50(20-24-51)42-80-61(91)18-11-13-49-21-25-52(74)26-22-49)16-7-10-29-76-62(92)44-85-33-35-86(45-63(93)94)37-39-88(47-65(97)98)40-38-87(36-34-85)46-64(95)96/h5-6,14-15,19-28,48,53,58-60,90,105-106H,4,7-13,16-18,29-47H2,1-3H3,(H2,75,79)(H,76,92)(H,77,100)(H,78,102)(H,80,91)(H,81,101)(H,82,99)(H,83,103)(H,93,94)(H,95,96)(H,97,98)/t48-,53+,58+,59+,60+/m1/s1. The van der Waals surface area contributed by atoms with Gasteiger partial charge in [-0.15, -0.1) is 0 Å². The predicted molar refractivity (Wildman–Crippen MR) is 405 cm³/mol. The van der Waals surface area contributed by atoms with Crippen molar-refractivity contribution in [3.63, 3.8) is 0 Å². The van der Waals surface area contributed by atoms with Crippen LogP contribution in [0, 0.1) is 3.57 Å². The molecule has 0 spiro atoms. The number of nitrogens with one attached hydrogen (secondary N) is 7. The molecule has 32 nitrogen and oxygen atoms in total. The summed E-state index contributed by atoms with van der Waals surface area (Å²) in [5.74, 6) is -7.87. The van der Waals surface area contributed by atoms with E-state index in [2.05, 4.69) is 64.8 Å². The summed E-state index contributed by atoms with van der Waals surface area (Å²) in [5.41, 5.74) is 8.65. The summed E-state index contributed by atoms with van der Waals surface area (Å²) in [5, 5.41) is 79.6. The molecule has 4 aromatic carbocycles. The van der Waals surface area contributed by atoms with Crippen LogP contribution in [0.1, 0.15) is 120 Å². The third kappa shape index (κ3) is 30.2. The first-order valence-electron chi connectivity index (χ1n) is 35.9. The van der Waals surface area contributed by atoms with Gasteiger partial charge in [0, 0.05) is 132 Å². The Hall–Kier alpha value is -8.91. The highest BCUT2D eigenvalue weighted by Gasteiger charge is 2.43. The maximum absolute atomic E-state index is 14.6. The van der Waals surface area contributed by atoms with Crippen molar-refractivity contribution in [2.24, 2.45) is 10.7 Å². The van der Waals surface area contributed by atoms with Crippen molar-refractivity contribution in [2.75, 3.05) is 125 Å². The number of amides is 8. The van der Waals surface area contributed by atoms with E-state index in [4.69, 9.17) is 5.73 Å². The number of rotatable bonds is 39. The summed E-state index contributed by atoms with van der Waals surface area (Å²) < 4.78 is 1.13. The lowest BCUT2D eigenvalue weighted by atomic mass is 9.77. The highest BCUT2D eigenvalue weighted by Crippen LogP contribution is 2.25. The summed E-state index contributed by atoms with van der Waals surface area (Å²) in [6.07, 6.45) is 3.49. The van der Waals surface area contributed by atoms with Gasteiger partial charge in [0.25, 0.3) is 17.7 Å². The van der Waals surface area contributed by atoms with E-state index in [-0.39, 0.29) is 166 Å². The van der Waals surface area contributed by atoms with Crippen molar-refractivity contribution in [3.05, 3.63) is 116 Å². The number of carboxylic acid groups (broad SMARTS) is 3. The largest absolute Gasteiger partial charge is 0.480 e. The van der Waals surface area contributed by atoms with Gasteiger partial charge in [0.2, 0.25) is 29.5 Å². The first-order chi connectivity index (χ1) is 50.6. The number of hydrogen-bond acceptors (Lipinski definition) is 19. The third-order valence-corrected chi connectivity index (χ3v) is 19.0. The van der Waals surface area contributed by atoms with Gasteiger partial charge in [0.05, 0.1) is 38.2 Å². The van der Waals surface area contributed by atoms with Gasteiger partial charge < -0.3 is 83.2 Å². The molecule has 5 atom stereocenters. The van der Waals surface area contributed by atoms with E-state index in [0.29, 0.717) is 67.7 Å². The minimum atomic E-state index is -1.88. The number of unbranched alkanes of at least 4 members (excludes halogenated alkanes) is 3. The summed E-state index contributed by atoms with van der Waals surface area (Å²) >= 11 is 2.24. The smallest absolute Gasteiger partial charge is 0.475 e. The molecule has 34 heteroatoms. The molecule has 0 aromatic heterocycles. The van der Waals surface area contributed by atoms with Gasteiger partial charge in [-0.2, -0.15) is 0 Å². The Morgan fingerprint density at radius 3 is 1.63 bits per heavy atom. The summed E-state index contributed by atoms with van der Waals surface area (Å²) in [6.45, 7) is 3.05. The first-order valence-corrected chi connectivity index (χ1v) is 37.0. The number of aliphatic imine (C=N–C) groups is 1. The Bertz CT molecular complexity index is 3600. The van der Waals surface area contributed by atoms with E-state index in [9.17, 15) is 83.2 Å². The van der Waals surface area contributed by atoms with Crippen LogP contribution >= 0.6 is 22.6 Å². The molecule has 0 bridgehead atoms. The topological polar surface area (TPSA) is 451 Å². The van der Waals surface area contributed by atoms with Gasteiger partial charge in [-0.25, -0.2) is 0 Å². The number of nitrogens with zero attached hydrogens (tertiary/aromatic N) is 7. The Kier molecular flexibility index (Phi) is 36.4. The minimum absolute atomic E-state index is 0.0301. The van der Waals surface area contributed by atoms with Crippen molar-refractivity contribution >= 4 is 112 Å². The Morgan fingerprint density at radius 2 is 1.08 bits per heavy atom. The van der Waals surface area contributed by atoms with Crippen molar-refractivity contribution in [1.29, 1.82) is 0 Å². The second-order valence-electron chi connectivity index (χ2n) is 26.8. The molecule has 6 rings (SSSR count). The number of halogens is 1. The van der Waals surface area contributed by atoms with Crippen LogP contribution in [0.25, 0.3) is 10.8 Å². The van der Waals surface area contributed by atoms with E-state index >= 15 is 0 Å². The molecule has 15 N–H and O–H groups in total.